The van der Waals surface area contributed by atoms with Gasteiger partial charge in [-0.15, -0.1) is 0 Å². The van der Waals surface area contributed by atoms with Gasteiger partial charge in [0.25, 0.3) is 0 Å². The number of nitrogens with one attached hydrogen (secondary N) is 1. The molecule has 20 heteroatoms. The van der Waals surface area contributed by atoms with E-state index in [1.807, 2.05) is 0 Å². The number of rotatable bonds is 10. The Hall–Kier alpha value is -1.19. The van der Waals surface area contributed by atoms with Gasteiger partial charge in [-0.25, -0.2) is 18.5 Å². The second-order valence-corrected chi connectivity index (χ2v) is 11.8. The molecular weight excluding hydrogens is 515 g/mol. The highest BCUT2D eigenvalue weighted by Gasteiger charge is 2.48. The van der Waals surface area contributed by atoms with Gasteiger partial charge in [-0.3, -0.25) is 19.5 Å². The van der Waals surface area contributed by atoms with Crippen LogP contribution >= 0.6 is 23.5 Å². The van der Waals surface area contributed by atoms with E-state index in [0.29, 0.717) is 0 Å². The van der Waals surface area contributed by atoms with Crippen molar-refractivity contribution in [2.75, 3.05) is 13.2 Å². The van der Waals surface area contributed by atoms with Crippen LogP contribution in [-0.4, -0.2) is 73.1 Å². The molecule has 0 aromatic heterocycles. The fourth-order valence-corrected chi connectivity index (χ4v) is 6.12. The summed E-state index contributed by atoms with van der Waals surface area (Å²) in [7, 11) is -16.7. The predicted octanol–water partition coefficient (Wildman–Crippen LogP) is -0.774. The number of ether oxygens (including phenoxy) is 1. The Bertz CT molecular complexity index is 939. The molecule has 17 nitrogen and oxygen atoms in total. The number of nitrogens with zero attached hydrogens (tertiary/aromatic N) is 1. The van der Waals surface area contributed by atoms with Crippen LogP contribution in [0.1, 0.15) is 19.8 Å². The monoisotopic (exact) mass is 539 g/mol. The molecular formula is C13H24N3O14P3. The molecule has 0 saturated carbocycles. The quantitative estimate of drug-likeness (QED) is 0.168. The van der Waals surface area contributed by atoms with E-state index in [1.165, 1.54) is 12.3 Å². The number of phosphoric acid groups is 3. The SMILES string of the molecule is CC1(CC=CN)CN([C@H]2C[C@H](O)[C@@H](COP(=O)(O)OP(=O)(O)OP(=O)(O)O)O2)C(=O)NC1=O. The Balaban J connectivity index is 2.00. The molecule has 2 aliphatic heterocycles. The van der Waals surface area contributed by atoms with Gasteiger partial charge in [0.15, 0.2) is 0 Å². The first-order valence-electron chi connectivity index (χ1n) is 9.08. The molecule has 8 N–H and O–H groups in total. The molecule has 2 rings (SSSR count). The smallest absolute Gasteiger partial charge is 0.405 e. The zero-order chi connectivity index (χ0) is 25.2. The predicted molar refractivity (Wildman–Crippen MR) is 105 cm³/mol. The number of carbonyl (C=O) groups excluding carboxylic acids is 2. The average Bonchev–Trinajstić information content (AvgIpc) is 2.99. The lowest BCUT2D eigenvalue weighted by molar-refractivity contribution is -0.136. The van der Waals surface area contributed by atoms with E-state index in [0.717, 1.165) is 4.90 Å². The fraction of sp³-hybridized carbons (Fsp3) is 0.692. The van der Waals surface area contributed by atoms with E-state index in [1.54, 1.807) is 6.92 Å². The molecule has 0 aromatic carbocycles. The molecule has 2 saturated heterocycles. The van der Waals surface area contributed by atoms with Gasteiger partial charge in [0.1, 0.15) is 12.3 Å². The number of imide groups is 1. The maximum Gasteiger partial charge on any atom is 0.490 e. The number of urea groups is 1. The number of hydrogen-bond donors (Lipinski definition) is 7. The topological polar surface area (TPSA) is 265 Å². The summed E-state index contributed by atoms with van der Waals surface area (Å²) in [6, 6.07) is -0.792. The van der Waals surface area contributed by atoms with Gasteiger partial charge in [-0.2, -0.15) is 8.62 Å². The van der Waals surface area contributed by atoms with Crippen LogP contribution in [-0.2, 0) is 36.4 Å². The van der Waals surface area contributed by atoms with Crippen molar-refractivity contribution in [1.29, 1.82) is 0 Å². The van der Waals surface area contributed by atoms with Gasteiger partial charge in [0, 0.05) is 13.0 Å². The van der Waals surface area contributed by atoms with Gasteiger partial charge in [0.05, 0.1) is 18.1 Å². The first kappa shape index (κ1) is 28.1. The summed E-state index contributed by atoms with van der Waals surface area (Å²) >= 11 is 0. The lowest BCUT2D eigenvalue weighted by Crippen LogP contribution is -2.61. The molecule has 6 atom stereocenters. The van der Waals surface area contributed by atoms with Crippen LogP contribution in [0.4, 0.5) is 4.79 Å². The second-order valence-electron chi connectivity index (χ2n) is 7.40. The van der Waals surface area contributed by atoms with E-state index < -0.39 is 65.9 Å². The van der Waals surface area contributed by atoms with E-state index in [2.05, 4.69) is 18.5 Å². The van der Waals surface area contributed by atoms with E-state index in [4.69, 9.17) is 25.2 Å². The van der Waals surface area contributed by atoms with Gasteiger partial charge >= 0.3 is 29.5 Å². The molecule has 0 aromatic rings. The number of aliphatic hydroxyl groups is 1. The normalized spacial score (nSPS) is 32.5. The molecule has 0 aliphatic carbocycles. The van der Waals surface area contributed by atoms with E-state index in [-0.39, 0.29) is 19.4 Å². The largest absolute Gasteiger partial charge is 0.490 e. The Kier molecular flexibility index (Phi) is 8.67. The number of phosphoric ester groups is 1. The van der Waals surface area contributed by atoms with Crippen molar-refractivity contribution in [3.05, 3.63) is 12.3 Å². The highest BCUT2D eigenvalue weighted by molar-refractivity contribution is 7.66. The molecule has 0 radical (unpaired) electrons. The minimum atomic E-state index is -5.70. The number of carbonyl (C=O) groups is 2. The molecule has 2 fully saturated rings. The minimum Gasteiger partial charge on any atom is -0.405 e. The first-order chi connectivity index (χ1) is 15.0. The number of nitrogens with two attached hydrogens (primary N) is 1. The van der Waals surface area contributed by atoms with Gasteiger partial charge in [0.2, 0.25) is 5.91 Å². The maximum absolute atomic E-state index is 12.3. The Morgan fingerprint density at radius 1 is 1.21 bits per heavy atom. The third-order valence-corrected chi connectivity index (χ3v) is 8.43. The van der Waals surface area contributed by atoms with Crippen LogP contribution in [0.3, 0.4) is 0 Å². The van der Waals surface area contributed by atoms with Crippen LogP contribution in [0.2, 0.25) is 0 Å². The average molecular weight is 539 g/mol. The van der Waals surface area contributed by atoms with Gasteiger partial charge in [-0.05, 0) is 19.5 Å². The van der Waals surface area contributed by atoms with Crippen molar-refractivity contribution in [2.45, 2.75) is 38.2 Å². The summed E-state index contributed by atoms with van der Waals surface area (Å²) in [4.78, 5) is 61.3. The number of aliphatic hydroxyl groups excluding tert-OH is 1. The summed E-state index contributed by atoms with van der Waals surface area (Å²) in [6.45, 7) is 0.602. The first-order valence-corrected chi connectivity index (χ1v) is 13.6. The molecule has 3 unspecified atom stereocenters. The van der Waals surface area contributed by atoms with Crippen LogP contribution in [0.5, 0.6) is 0 Å². The summed E-state index contributed by atoms with van der Waals surface area (Å²) in [5, 5.41) is 12.4. The van der Waals surface area contributed by atoms with Crippen molar-refractivity contribution in [3.8, 4) is 0 Å². The Morgan fingerprint density at radius 3 is 2.42 bits per heavy atom. The summed E-state index contributed by atoms with van der Waals surface area (Å²) in [5.74, 6) is -0.537. The zero-order valence-electron chi connectivity index (χ0n) is 17.0. The van der Waals surface area contributed by atoms with Crippen LogP contribution < -0.4 is 11.1 Å². The summed E-state index contributed by atoms with van der Waals surface area (Å²) in [6.07, 6.45) is -0.914. The maximum atomic E-state index is 12.3. The molecule has 2 heterocycles. The summed E-state index contributed by atoms with van der Waals surface area (Å²) in [5.41, 5.74) is 4.26. The number of hydrogen-bond acceptors (Lipinski definition) is 11. The van der Waals surface area contributed by atoms with Crippen molar-refractivity contribution in [3.63, 3.8) is 0 Å². The molecule has 0 bridgehead atoms. The van der Waals surface area contributed by atoms with Crippen LogP contribution in [0.25, 0.3) is 0 Å². The second kappa shape index (κ2) is 10.2. The number of amides is 3. The standard InChI is InChI=1S/C13H24N3O14P3/c1-13(3-2-4-14)7-16(12(19)15-11(13)18)10-5-8(17)9(28-10)6-27-32(23,24)30-33(25,26)29-31(20,21)22/h2,4,8-10,17H,3,5-7,14H2,1H3,(H,23,24)(H,25,26)(H,15,18,19)(H2,20,21,22)/t8-,9+,10+,13?/m0/s1. The van der Waals surface area contributed by atoms with Crippen molar-refractivity contribution >= 4 is 35.4 Å². The fourth-order valence-electron chi connectivity index (χ4n) is 3.09. The summed E-state index contributed by atoms with van der Waals surface area (Å²) < 4.78 is 50.9. The molecule has 0 spiro atoms. The highest BCUT2D eigenvalue weighted by atomic mass is 31.3. The molecule has 190 valence electrons. The molecule has 3 amide bonds. The van der Waals surface area contributed by atoms with Gasteiger partial charge < -0.3 is 35.2 Å². The highest BCUT2D eigenvalue weighted by Crippen LogP contribution is 2.66. The third kappa shape index (κ3) is 7.92. The lowest BCUT2D eigenvalue weighted by atomic mass is 9.83. The van der Waals surface area contributed by atoms with Crippen LogP contribution in [0, 0.1) is 5.41 Å². The Morgan fingerprint density at radius 2 is 1.85 bits per heavy atom. The van der Waals surface area contributed by atoms with E-state index >= 15 is 0 Å². The van der Waals surface area contributed by atoms with Crippen molar-refractivity contribution in [1.82, 2.24) is 10.2 Å². The zero-order valence-corrected chi connectivity index (χ0v) is 19.7. The minimum absolute atomic E-state index is 0.0953. The lowest BCUT2D eigenvalue weighted by Gasteiger charge is -2.41. The molecule has 33 heavy (non-hydrogen) atoms. The van der Waals surface area contributed by atoms with Crippen LogP contribution in [0.15, 0.2) is 12.3 Å². The van der Waals surface area contributed by atoms with Crippen molar-refractivity contribution in [2.24, 2.45) is 11.1 Å². The third-order valence-electron chi connectivity index (χ3n) is 4.62. The van der Waals surface area contributed by atoms with Gasteiger partial charge in [-0.1, -0.05) is 6.08 Å². The van der Waals surface area contributed by atoms with Crippen molar-refractivity contribution < 1.29 is 65.8 Å². The Labute approximate surface area is 186 Å². The van der Waals surface area contributed by atoms with E-state index in [9.17, 15) is 33.3 Å². The number of allylic oxidation sites excluding steroid dienone is 1. The molecule has 2 aliphatic rings.